The minimum Gasteiger partial charge on any atom is -0.392 e. The van der Waals surface area contributed by atoms with E-state index in [4.69, 9.17) is 0 Å². The van der Waals surface area contributed by atoms with E-state index in [0.29, 0.717) is 6.54 Å². The molecule has 0 aliphatic heterocycles. The summed E-state index contributed by atoms with van der Waals surface area (Å²) >= 11 is 1.53. The second-order valence-electron chi connectivity index (χ2n) is 3.81. The first-order valence-electron chi connectivity index (χ1n) is 4.91. The molecule has 4 heteroatoms. The summed E-state index contributed by atoms with van der Waals surface area (Å²) in [6, 6.07) is 0.145. The summed E-state index contributed by atoms with van der Waals surface area (Å²) in [4.78, 5) is 13.6. The Morgan fingerprint density at radius 3 is 2.14 bits per heavy atom. The Hall–Kier alpha value is -0.220. The molecular formula is C10H21NO2S. The smallest absolute Gasteiger partial charge is 0.235 e. The van der Waals surface area contributed by atoms with Crippen molar-refractivity contribution in [2.24, 2.45) is 0 Å². The summed E-state index contributed by atoms with van der Waals surface area (Å²) in [5, 5.41) is 9.24. The van der Waals surface area contributed by atoms with Crippen LogP contribution in [0.1, 0.15) is 27.7 Å². The maximum Gasteiger partial charge on any atom is 0.235 e. The molecule has 0 saturated carbocycles. The lowest BCUT2D eigenvalue weighted by Gasteiger charge is -2.30. The number of carbonyl (C=O) groups is 1. The molecule has 0 aliphatic carbocycles. The quantitative estimate of drug-likeness (QED) is 0.759. The molecule has 0 aliphatic rings. The van der Waals surface area contributed by atoms with Crippen LogP contribution in [-0.2, 0) is 4.79 Å². The molecule has 84 valence electrons. The molecule has 1 amide bonds. The van der Waals surface area contributed by atoms with E-state index in [9.17, 15) is 9.90 Å². The van der Waals surface area contributed by atoms with Crippen molar-refractivity contribution in [3.8, 4) is 0 Å². The third-order valence-corrected chi connectivity index (χ3v) is 2.98. The Morgan fingerprint density at radius 1 is 1.36 bits per heavy atom. The SMILES string of the molecule is CSC(C)C(=O)N(CC(C)O)C(C)C. The van der Waals surface area contributed by atoms with Crippen LogP contribution in [0.4, 0.5) is 0 Å². The lowest BCUT2D eigenvalue weighted by atomic mass is 10.2. The zero-order chi connectivity index (χ0) is 11.3. The summed E-state index contributed by atoms with van der Waals surface area (Å²) < 4.78 is 0. The average molecular weight is 219 g/mol. The molecule has 0 aromatic carbocycles. The van der Waals surface area contributed by atoms with Crippen LogP contribution in [-0.4, -0.2) is 46.1 Å². The van der Waals surface area contributed by atoms with Gasteiger partial charge in [-0.2, -0.15) is 11.8 Å². The molecule has 0 radical (unpaired) electrons. The Bertz CT molecular complexity index is 183. The first kappa shape index (κ1) is 13.8. The first-order chi connectivity index (χ1) is 6.40. The van der Waals surface area contributed by atoms with E-state index in [1.165, 1.54) is 11.8 Å². The number of hydrogen-bond acceptors (Lipinski definition) is 3. The second-order valence-corrected chi connectivity index (χ2v) is 4.99. The van der Waals surface area contributed by atoms with Crippen molar-refractivity contribution in [1.82, 2.24) is 4.90 Å². The number of hydrogen-bond donors (Lipinski definition) is 1. The van der Waals surface area contributed by atoms with Crippen LogP contribution in [0.2, 0.25) is 0 Å². The van der Waals surface area contributed by atoms with Crippen molar-refractivity contribution >= 4 is 17.7 Å². The van der Waals surface area contributed by atoms with Gasteiger partial charge in [-0.3, -0.25) is 4.79 Å². The van der Waals surface area contributed by atoms with Gasteiger partial charge in [-0.25, -0.2) is 0 Å². The zero-order valence-electron chi connectivity index (χ0n) is 9.65. The van der Waals surface area contributed by atoms with Gasteiger partial charge in [0.05, 0.1) is 11.4 Å². The number of carbonyl (C=O) groups excluding carboxylic acids is 1. The van der Waals surface area contributed by atoms with Crippen LogP contribution in [0.15, 0.2) is 0 Å². The van der Waals surface area contributed by atoms with Gasteiger partial charge in [0.2, 0.25) is 5.91 Å². The number of rotatable bonds is 5. The number of nitrogens with zero attached hydrogens (tertiary/aromatic N) is 1. The predicted molar refractivity (Wildman–Crippen MR) is 61.5 cm³/mol. The first-order valence-corrected chi connectivity index (χ1v) is 6.20. The highest BCUT2D eigenvalue weighted by Gasteiger charge is 2.22. The van der Waals surface area contributed by atoms with E-state index < -0.39 is 6.10 Å². The molecule has 0 saturated heterocycles. The van der Waals surface area contributed by atoms with E-state index in [-0.39, 0.29) is 17.2 Å². The molecule has 0 aromatic heterocycles. The highest BCUT2D eigenvalue weighted by Crippen LogP contribution is 2.12. The number of thioether (sulfide) groups is 1. The largest absolute Gasteiger partial charge is 0.392 e. The molecule has 2 unspecified atom stereocenters. The van der Waals surface area contributed by atoms with Gasteiger partial charge in [-0.1, -0.05) is 0 Å². The summed E-state index contributed by atoms with van der Waals surface area (Å²) in [5.74, 6) is 0.105. The fraction of sp³-hybridized carbons (Fsp3) is 0.900. The van der Waals surface area contributed by atoms with Crippen LogP contribution in [0.5, 0.6) is 0 Å². The van der Waals surface area contributed by atoms with Crippen molar-refractivity contribution in [2.45, 2.75) is 45.1 Å². The summed E-state index contributed by atoms with van der Waals surface area (Å²) in [7, 11) is 0. The monoisotopic (exact) mass is 219 g/mol. The third-order valence-electron chi connectivity index (χ3n) is 2.07. The molecule has 0 rings (SSSR count). The molecular weight excluding hydrogens is 198 g/mol. The van der Waals surface area contributed by atoms with Crippen molar-refractivity contribution in [2.75, 3.05) is 12.8 Å². The minimum atomic E-state index is -0.463. The van der Waals surface area contributed by atoms with Crippen molar-refractivity contribution < 1.29 is 9.90 Å². The lowest BCUT2D eigenvalue weighted by molar-refractivity contribution is -0.133. The highest BCUT2D eigenvalue weighted by molar-refractivity contribution is 7.99. The van der Waals surface area contributed by atoms with E-state index in [2.05, 4.69) is 0 Å². The van der Waals surface area contributed by atoms with E-state index in [1.54, 1.807) is 11.8 Å². The van der Waals surface area contributed by atoms with Crippen molar-refractivity contribution in [3.63, 3.8) is 0 Å². The molecule has 0 aromatic rings. The minimum absolute atomic E-state index is 0.0313. The van der Waals surface area contributed by atoms with Gasteiger partial charge in [0.1, 0.15) is 0 Å². The Kier molecular flexibility index (Phi) is 6.20. The topological polar surface area (TPSA) is 40.5 Å². The predicted octanol–water partition coefficient (Wildman–Crippen LogP) is 1.36. The van der Waals surface area contributed by atoms with Crippen LogP contribution in [0, 0.1) is 0 Å². The van der Waals surface area contributed by atoms with Crippen LogP contribution in [0.25, 0.3) is 0 Å². The molecule has 0 heterocycles. The Balaban J connectivity index is 4.41. The van der Waals surface area contributed by atoms with E-state index in [1.807, 2.05) is 27.0 Å². The fourth-order valence-electron chi connectivity index (χ4n) is 1.17. The maximum absolute atomic E-state index is 11.8. The summed E-state index contributed by atoms with van der Waals surface area (Å²) in [6.45, 7) is 7.94. The van der Waals surface area contributed by atoms with Crippen LogP contribution >= 0.6 is 11.8 Å². The summed E-state index contributed by atoms with van der Waals surface area (Å²) in [6.07, 6.45) is 1.46. The van der Waals surface area contributed by atoms with Crippen LogP contribution < -0.4 is 0 Å². The van der Waals surface area contributed by atoms with Gasteiger partial charge in [0, 0.05) is 12.6 Å². The number of aliphatic hydroxyl groups excluding tert-OH is 1. The van der Waals surface area contributed by atoms with Crippen molar-refractivity contribution in [3.05, 3.63) is 0 Å². The summed E-state index contributed by atoms with van der Waals surface area (Å²) in [5.41, 5.74) is 0. The van der Waals surface area contributed by atoms with Gasteiger partial charge >= 0.3 is 0 Å². The molecule has 2 atom stereocenters. The standard InChI is InChI=1S/C10H21NO2S/c1-7(2)11(6-8(3)12)10(13)9(4)14-5/h7-9,12H,6H2,1-5H3. The van der Waals surface area contributed by atoms with E-state index in [0.717, 1.165) is 0 Å². The van der Waals surface area contributed by atoms with Gasteiger partial charge in [-0.15, -0.1) is 0 Å². The molecule has 14 heavy (non-hydrogen) atoms. The Labute approximate surface area is 90.9 Å². The van der Waals surface area contributed by atoms with E-state index >= 15 is 0 Å². The molecule has 1 N–H and O–H groups in total. The van der Waals surface area contributed by atoms with Gasteiger partial charge in [0.25, 0.3) is 0 Å². The zero-order valence-corrected chi connectivity index (χ0v) is 10.5. The van der Waals surface area contributed by atoms with Gasteiger partial charge in [0.15, 0.2) is 0 Å². The number of aliphatic hydroxyl groups is 1. The molecule has 0 fully saturated rings. The maximum atomic E-state index is 11.8. The number of amides is 1. The normalized spacial score (nSPS) is 15.4. The lowest BCUT2D eigenvalue weighted by Crippen LogP contribution is -2.44. The van der Waals surface area contributed by atoms with Crippen LogP contribution in [0.3, 0.4) is 0 Å². The van der Waals surface area contributed by atoms with Crippen molar-refractivity contribution in [1.29, 1.82) is 0 Å². The molecule has 0 spiro atoms. The van der Waals surface area contributed by atoms with Gasteiger partial charge in [-0.05, 0) is 34.0 Å². The van der Waals surface area contributed by atoms with Gasteiger partial charge < -0.3 is 10.0 Å². The third kappa shape index (κ3) is 4.33. The average Bonchev–Trinajstić information content (AvgIpc) is 2.11. The second kappa shape index (κ2) is 6.30. The molecule has 0 bridgehead atoms. The highest BCUT2D eigenvalue weighted by atomic mass is 32.2. The Morgan fingerprint density at radius 2 is 1.86 bits per heavy atom. The fourth-order valence-corrected chi connectivity index (χ4v) is 1.51. The molecule has 3 nitrogen and oxygen atoms in total.